The number of benzene rings is 1. The summed E-state index contributed by atoms with van der Waals surface area (Å²) in [5.74, 6) is -0.225. The fourth-order valence-corrected chi connectivity index (χ4v) is 2.01. The monoisotopic (exact) mass is 244 g/mol. The van der Waals surface area contributed by atoms with Crippen LogP contribution in [-0.4, -0.2) is 4.98 Å². The minimum absolute atomic E-state index is 0.152. The molecule has 1 heterocycles. The molecule has 0 spiro atoms. The van der Waals surface area contributed by atoms with Crippen molar-refractivity contribution in [3.05, 3.63) is 64.7 Å². The van der Waals surface area contributed by atoms with Gasteiger partial charge >= 0.3 is 0 Å². The van der Waals surface area contributed by atoms with Gasteiger partial charge in [0, 0.05) is 24.4 Å². The predicted octanol–water partition coefficient (Wildman–Crippen LogP) is 3.08. The van der Waals surface area contributed by atoms with Gasteiger partial charge in [-0.1, -0.05) is 12.1 Å². The molecule has 1 unspecified atom stereocenters. The number of hydrogen-bond donors (Lipinski definition) is 1. The molecule has 0 fully saturated rings. The standard InChI is InChI=1S/C15H17FN2/c1-10-3-5-13(18-9-10)8-15(17)14-6-4-12(16)7-11(14)2/h3-7,9,15H,8,17H2,1-2H3. The van der Waals surface area contributed by atoms with Crippen molar-refractivity contribution >= 4 is 0 Å². The number of rotatable bonds is 3. The second-order valence-corrected chi connectivity index (χ2v) is 4.64. The second kappa shape index (κ2) is 5.27. The molecule has 3 heteroatoms. The molecule has 0 aliphatic carbocycles. The summed E-state index contributed by atoms with van der Waals surface area (Å²) in [5.41, 5.74) is 10.1. The first-order chi connectivity index (χ1) is 8.56. The molecule has 2 rings (SSSR count). The van der Waals surface area contributed by atoms with Crippen LogP contribution >= 0.6 is 0 Å². The van der Waals surface area contributed by atoms with E-state index in [4.69, 9.17) is 5.73 Å². The molecular formula is C15H17FN2. The van der Waals surface area contributed by atoms with Gasteiger partial charge < -0.3 is 5.73 Å². The van der Waals surface area contributed by atoms with E-state index in [1.807, 2.05) is 32.2 Å². The number of aromatic nitrogens is 1. The van der Waals surface area contributed by atoms with Gasteiger partial charge in [0.05, 0.1) is 0 Å². The van der Waals surface area contributed by atoms with Crippen LogP contribution in [0.5, 0.6) is 0 Å². The molecule has 0 aliphatic heterocycles. The van der Waals surface area contributed by atoms with Crippen molar-refractivity contribution in [2.75, 3.05) is 0 Å². The molecule has 0 amide bonds. The molecule has 2 aromatic rings. The number of nitrogens with zero attached hydrogens (tertiary/aromatic N) is 1. The summed E-state index contributed by atoms with van der Waals surface area (Å²) in [5, 5.41) is 0. The highest BCUT2D eigenvalue weighted by molar-refractivity contribution is 5.30. The van der Waals surface area contributed by atoms with E-state index in [0.717, 1.165) is 22.4 Å². The van der Waals surface area contributed by atoms with Crippen LogP contribution in [0.3, 0.4) is 0 Å². The maximum atomic E-state index is 13.0. The quantitative estimate of drug-likeness (QED) is 0.901. The van der Waals surface area contributed by atoms with Crippen LogP contribution in [0, 0.1) is 19.7 Å². The molecule has 0 saturated carbocycles. The predicted molar refractivity (Wildman–Crippen MR) is 70.7 cm³/mol. The van der Waals surface area contributed by atoms with Crippen LogP contribution in [-0.2, 0) is 6.42 Å². The number of hydrogen-bond acceptors (Lipinski definition) is 2. The first-order valence-electron chi connectivity index (χ1n) is 5.99. The van der Waals surface area contributed by atoms with Gasteiger partial charge in [0.15, 0.2) is 0 Å². The van der Waals surface area contributed by atoms with Gasteiger partial charge in [-0.05, 0) is 48.7 Å². The van der Waals surface area contributed by atoms with E-state index in [0.29, 0.717) is 6.42 Å². The minimum atomic E-state index is -0.225. The average Bonchev–Trinajstić information content (AvgIpc) is 2.32. The summed E-state index contributed by atoms with van der Waals surface area (Å²) in [4.78, 5) is 4.34. The topological polar surface area (TPSA) is 38.9 Å². The molecule has 2 N–H and O–H groups in total. The first-order valence-corrected chi connectivity index (χ1v) is 5.99. The van der Waals surface area contributed by atoms with E-state index in [-0.39, 0.29) is 11.9 Å². The first kappa shape index (κ1) is 12.7. The molecule has 0 bridgehead atoms. The van der Waals surface area contributed by atoms with Crippen molar-refractivity contribution in [2.24, 2.45) is 5.73 Å². The van der Waals surface area contributed by atoms with Crippen LogP contribution in [0.4, 0.5) is 4.39 Å². The lowest BCUT2D eigenvalue weighted by Crippen LogP contribution is -2.15. The van der Waals surface area contributed by atoms with Crippen molar-refractivity contribution in [3.63, 3.8) is 0 Å². The zero-order chi connectivity index (χ0) is 13.1. The van der Waals surface area contributed by atoms with Crippen LogP contribution in [0.1, 0.15) is 28.4 Å². The lowest BCUT2D eigenvalue weighted by Gasteiger charge is -2.14. The summed E-state index contributed by atoms with van der Waals surface area (Å²) < 4.78 is 13.0. The maximum absolute atomic E-state index is 13.0. The number of aryl methyl sites for hydroxylation is 2. The third-order valence-corrected chi connectivity index (χ3v) is 3.03. The molecule has 0 aliphatic rings. The van der Waals surface area contributed by atoms with Crippen LogP contribution in [0.15, 0.2) is 36.5 Å². The normalized spacial score (nSPS) is 12.4. The smallest absolute Gasteiger partial charge is 0.123 e. The Kier molecular flexibility index (Phi) is 3.72. The summed E-state index contributed by atoms with van der Waals surface area (Å²) in [6.45, 7) is 3.88. The minimum Gasteiger partial charge on any atom is -0.324 e. The zero-order valence-electron chi connectivity index (χ0n) is 10.7. The number of halogens is 1. The lowest BCUT2D eigenvalue weighted by atomic mass is 9.98. The molecule has 18 heavy (non-hydrogen) atoms. The van der Waals surface area contributed by atoms with Crippen LogP contribution < -0.4 is 5.73 Å². The lowest BCUT2D eigenvalue weighted by molar-refractivity contribution is 0.622. The maximum Gasteiger partial charge on any atom is 0.123 e. The Morgan fingerprint density at radius 3 is 2.61 bits per heavy atom. The van der Waals surface area contributed by atoms with Crippen molar-refractivity contribution in [3.8, 4) is 0 Å². The molecular weight excluding hydrogens is 227 g/mol. The number of pyridine rings is 1. The van der Waals surface area contributed by atoms with Gasteiger partial charge in [0.1, 0.15) is 5.82 Å². The van der Waals surface area contributed by atoms with Gasteiger partial charge in [0.2, 0.25) is 0 Å². The van der Waals surface area contributed by atoms with Gasteiger partial charge in [-0.15, -0.1) is 0 Å². The van der Waals surface area contributed by atoms with Crippen LogP contribution in [0.25, 0.3) is 0 Å². The fraction of sp³-hybridized carbons (Fsp3) is 0.267. The summed E-state index contributed by atoms with van der Waals surface area (Å²) in [7, 11) is 0. The van der Waals surface area contributed by atoms with E-state index in [9.17, 15) is 4.39 Å². The summed E-state index contributed by atoms with van der Waals surface area (Å²) in [6.07, 6.45) is 2.49. The number of nitrogens with two attached hydrogens (primary N) is 1. The van der Waals surface area contributed by atoms with Gasteiger partial charge in [-0.25, -0.2) is 4.39 Å². The Balaban J connectivity index is 2.16. The van der Waals surface area contributed by atoms with Gasteiger partial charge in [0.25, 0.3) is 0 Å². The molecule has 94 valence electrons. The summed E-state index contributed by atoms with van der Waals surface area (Å²) >= 11 is 0. The third kappa shape index (κ3) is 2.93. The highest BCUT2D eigenvalue weighted by atomic mass is 19.1. The van der Waals surface area contributed by atoms with Gasteiger partial charge in [-0.3, -0.25) is 4.98 Å². The second-order valence-electron chi connectivity index (χ2n) is 4.64. The Labute approximate surface area is 107 Å². The van der Waals surface area contributed by atoms with Crippen molar-refractivity contribution < 1.29 is 4.39 Å². The highest BCUT2D eigenvalue weighted by Gasteiger charge is 2.11. The Hall–Kier alpha value is -1.74. The Morgan fingerprint density at radius 1 is 1.22 bits per heavy atom. The molecule has 1 aromatic carbocycles. The molecule has 0 saturated heterocycles. The van der Waals surface area contributed by atoms with Crippen molar-refractivity contribution in [1.29, 1.82) is 0 Å². The zero-order valence-corrected chi connectivity index (χ0v) is 10.7. The largest absolute Gasteiger partial charge is 0.324 e. The Morgan fingerprint density at radius 2 is 2.00 bits per heavy atom. The van der Waals surface area contributed by atoms with E-state index >= 15 is 0 Å². The molecule has 2 nitrogen and oxygen atoms in total. The summed E-state index contributed by atoms with van der Waals surface area (Å²) in [6, 6.07) is 8.56. The Bertz CT molecular complexity index is 535. The molecule has 0 radical (unpaired) electrons. The van der Waals surface area contributed by atoms with Crippen molar-refractivity contribution in [2.45, 2.75) is 26.3 Å². The highest BCUT2D eigenvalue weighted by Crippen LogP contribution is 2.19. The molecule has 1 atom stereocenters. The van der Waals surface area contributed by atoms with E-state index < -0.39 is 0 Å². The fourth-order valence-electron chi connectivity index (χ4n) is 2.01. The molecule has 1 aromatic heterocycles. The third-order valence-electron chi connectivity index (χ3n) is 3.03. The van der Waals surface area contributed by atoms with E-state index in [2.05, 4.69) is 4.98 Å². The SMILES string of the molecule is Cc1ccc(CC(N)c2ccc(F)cc2C)nc1. The average molecular weight is 244 g/mol. The van der Waals surface area contributed by atoms with Crippen molar-refractivity contribution in [1.82, 2.24) is 4.98 Å². The van der Waals surface area contributed by atoms with Crippen LogP contribution in [0.2, 0.25) is 0 Å². The van der Waals surface area contributed by atoms with Gasteiger partial charge in [-0.2, -0.15) is 0 Å². The van der Waals surface area contributed by atoms with E-state index in [1.54, 1.807) is 6.07 Å². The van der Waals surface area contributed by atoms with E-state index in [1.165, 1.54) is 12.1 Å².